The van der Waals surface area contributed by atoms with Crippen molar-refractivity contribution in [3.8, 4) is 0 Å². The van der Waals surface area contributed by atoms with Crippen molar-refractivity contribution in [1.82, 2.24) is 20.2 Å². The van der Waals surface area contributed by atoms with Crippen molar-refractivity contribution in [3.05, 3.63) is 0 Å². The number of hydrogen-bond acceptors (Lipinski definition) is 7. The number of nitrogens with zero attached hydrogens (tertiary/aromatic N) is 4. The van der Waals surface area contributed by atoms with E-state index in [1.54, 1.807) is 0 Å². The molecule has 0 radical (unpaired) electrons. The molecule has 21 heavy (non-hydrogen) atoms. The number of alkyl halides is 3. The van der Waals surface area contributed by atoms with Gasteiger partial charge in [0.1, 0.15) is 6.61 Å². The molecule has 122 valence electrons. The van der Waals surface area contributed by atoms with Gasteiger partial charge in [0.2, 0.25) is 5.16 Å². The molecule has 0 saturated heterocycles. The molecule has 0 amide bonds. The van der Waals surface area contributed by atoms with Crippen molar-refractivity contribution in [3.63, 3.8) is 0 Å². The van der Waals surface area contributed by atoms with Gasteiger partial charge in [0.05, 0.1) is 6.54 Å². The fourth-order valence-electron chi connectivity index (χ4n) is 1.31. The van der Waals surface area contributed by atoms with Gasteiger partial charge in [-0.1, -0.05) is 11.8 Å². The maximum atomic E-state index is 11.8. The van der Waals surface area contributed by atoms with Crippen LogP contribution in [0.25, 0.3) is 0 Å². The molecule has 0 aliphatic carbocycles. The van der Waals surface area contributed by atoms with Gasteiger partial charge in [-0.3, -0.25) is 0 Å². The molecule has 0 aromatic carbocycles. The van der Waals surface area contributed by atoms with Crippen LogP contribution in [0.5, 0.6) is 0 Å². The van der Waals surface area contributed by atoms with Gasteiger partial charge in [-0.05, 0) is 16.8 Å². The number of aromatic nitrogens is 4. The molecule has 0 spiro atoms. The summed E-state index contributed by atoms with van der Waals surface area (Å²) < 4.78 is 51.6. The average molecular weight is 330 g/mol. The van der Waals surface area contributed by atoms with Crippen LogP contribution in [0.3, 0.4) is 0 Å². The summed E-state index contributed by atoms with van der Waals surface area (Å²) in [6.07, 6.45) is -4.29. The number of rotatable bonds is 10. The predicted octanol–water partition coefficient (Wildman–Crippen LogP) is 1.35. The number of hydrogen-bond donors (Lipinski definition) is 0. The van der Waals surface area contributed by atoms with Crippen molar-refractivity contribution >= 4 is 11.8 Å². The van der Waals surface area contributed by atoms with Crippen LogP contribution in [-0.2, 0) is 20.8 Å². The molecule has 0 unspecified atom stereocenters. The maximum absolute atomic E-state index is 11.8. The highest BCUT2D eigenvalue weighted by Crippen LogP contribution is 2.17. The van der Waals surface area contributed by atoms with E-state index >= 15 is 0 Å². The third-order valence-electron chi connectivity index (χ3n) is 2.28. The Labute approximate surface area is 124 Å². The second-order valence-corrected chi connectivity index (χ2v) is 4.98. The van der Waals surface area contributed by atoms with Gasteiger partial charge in [0.25, 0.3) is 0 Å². The van der Waals surface area contributed by atoms with E-state index in [1.807, 2.05) is 0 Å². The lowest BCUT2D eigenvalue weighted by Gasteiger charge is -2.13. The van der Waals surface area contributed by atoms with Crippen molar-refractivity contribution in [2.45, 2.75) is 30.6 Å². The molecular formula is C10H17F3N4O3S. The van der Waals surface area contributed by atoms with Gasteiger partial charge >= 0.3 is 6.18 Å². The predicted molar refractivity (Wildman–Crippen MR) is 67.8 cm³/mol. The number of methoxy groups -OCH3 is 2. The Morgan fingerprint density at radius 3 is 2.62 bits per heavy atom. The van der Waals surface area contributed by atoms with Gasteiger partial charge in [0.15, 0.2) is 6.29 Å². The third-order valence-corrected chi connectivity index (χ3v) is 3.32. The van der Waals surface area contributed by atoms with E-state index in [1.165, 1.54) is 30.7 Å². The fourth-order valence-corrected chi connectivity index (χ4v) is 2.11. The van der Waals surface area contributed by atoms with Gasteiger partial charge in [0, 0.05) is 26.6 Å². The van der Waals surface area contributed by atoms with Crippen molar-refractivity contribution in [2.24, 2.45) is 0 Å². The molecule has 0 atom stereocenters. The molecule has 0 N–H and O–H groups in total. The van der Waals surface area contributed by atoms with Crippen LogP contribution in [0.1, 0.15) is 6.42 Å². The Bertz CT molecular complexity index is 401. The van der Waals surface area contributed by atoms with Crippen LogP contribution in [0.2, 0.25) is 0 Å². The molecular weight excluding hydrogens is 313 g/mol. The van der Waals surface area contributed by atoms with Crippen LogP contribution in [0, 0.1) is 0 Å². The van der Waals surface area contributed by atoms with E-state index in [-0.39, 0.29) is 6.61 Å². The summed E-state index contributed by atoms with van der Waals surface area (Å²) in [4.78, 5) is 0. The topological polar surface area (TPSA) is 71.3 Å². The lowest BCUT2D eigenvalue weighted by Crippen LogP contribution is -2.22. The monoisotopic (exact) mass is 330 g/mol. The van der Waals surface area contributed by atoms with Crippen LogP contribution < -0.4 is 0 Å². The zero-order chi connectivity index (χ0) is 15.7. The Balaban J connectivity index is 2.25. The molecule has 1 aromatic heterocycles. The second-order valence-electron chi connectivity index (χ2n) is 3.91. The summed E-state index contributed by atoms with van der Waals surface area (Å²) in [6, 6.07) is 0. The van der Waals surface area contributed by atoms with E-state index in [0.29, 0.717) is 23.9 Å². The molecule has 0 saturated carbocycles. The summed E-state index contributed by atoms with van der Waals surface area (Å²) in [6.45, 7) is -0.863. The lowest BCUT2D eigenvalue weighted by atomic mass is 10.5. The first-order valence-electron chi connectivity index (χ1n) is 6.05. The van der Waals surface area contributed by atoms with E-state index in [9.17, 15) is 13.2 Å². The van der Waals surface area contributed by atoms with Gasteiger partial charge in [-0.25, -0.2) is 4.68 Å². The van der Waals surface area contributed by atoms with Gasteiger partial charge in [-0.15, -0.1) is 5.10 Å². The van der Waals surface area contributed by atoms with E-state index in [2.05, 4.69) is 20.3 Å². The van der Waals surface area contributed by atoms with Crippen LogP contribution >= 0.6 is 11.8 Å². The minimum Gasteiger partial charge on any atom is -0.372 e. The van der Waals surface area contributed by atoms with Crippen LogP contribution in [0.15, 0.2) is 5.16 Å². The maximum Gasteiger partial charge on any atom is 0.411 e. The van der Waals surface area contributed by atoms with E-state index in [4.69, 9.17) is 9.47 Å². The zero-order valence-corrected chi connectivity index (χ0v) is 12.5. The van der Waals surface area contributed by atoms with Crippen molar-refractivity contribution in [1.29, 1.82) is 0 Å². The summed E-state index contributed by atoms with van der Waals surface area (Å²) in [5.41, 5.74) is 0. The number of thioether (sulfide) groups is 1. The average Bonchev–Trinajstić information content (AvgIpc) is 2.86. The molecule has 0 fully saturated rings. The Morgan fingerprint density at radius 2 is 2.00 bits per heavy atom. The summed E-state index contributed by atoms with van der Waals surface area (Å²) in [5, 5.41) is 11.7. The molecule has 7 nitrogen and oxygen atoms in total. The number of tetrazole rings is 1. The van der Waals surface area contributed by atoms with Gasteiger partial charge < -0.3 is 14.2 Å². The SMILES string of the molecule is COC(Cn1nnnc1SCCCOCC(F)(F)F)OC. The van der Waals surface area contributed by atoms with E-state index < -0.39 is 19.1 Å². The Kier molecular flexibility index (Phi) is 7.93. The molecule has 1 rings (SSSR count). The Morgan fingerprint density at radius 1 is 1.29 bits per heavy atom. The van der Waals surface area contributed by atoms with Crippen LogP contribution in [0.4, 0.5) is 13.2 Å². The first-order valence-corrected chi connectivity index (χ1v) is 7.04. The normalized spacial score (nSPS) is 12.3. The summed E-state index contributed by atoms with van der Waals surface area (Å²) in [5.74, 6) is 0.545. The highest BCUT2D eigenvalue weighted by atomic mass is 32.2. The van der Waals surface area contributed by atoms with Gasteiger partial charge in [-0.2, -0.15) is 13.2 Å². The summed E-state index contributed by atoms with van der Waals surface area (Å²) in [7, 11) is 3.01. The number of halogens is 3. The minimum atomic E-state index is -4.29. The quantitative estimate of drug-likeness (QED) is 0.364. The standard InChI is InChI=1S/C10H17F3N4O3S/c1-18-8(19-2)6-17-9(14-15-16-17)21-5-3-4-20-7-10(11,12)13/h8H,3-7H2,1-2H3. The highest BCUT2D eigenvalue weighted by molar-refractivity contribution is 7.99. The highest BCUT2D eigenvalue weighted by Gasteiger charge is 2.27. The molecule has 0 aliphatic heterocycles. The first kappa shape index (κ1) is 18.1. The van der Waals surface area contributed by atoms with Crippen molar-refractivity contribution < 1.29 is 27.4 Å². The molecule has 11 heteroatoms. The van der Waals surface area contributed by atoms with Crippen LogP contribution in [-0.4, -0.2) is 65.9 Å². The summed E-state index contributed by atoms with van der Waals surface area (Å²) >= 11 is 1.33. The third kappa shape index (κ3) is 7.60. The molecule has 1 aromatic rings. The van der Waals surface area contributed by atoms with E-state index in [0.717, 1.165) is 0 Å². The first-order chi connectivity index (χ1) is 9.96. The number of ether oxygens (including phenoxy) is 3. The minimum absolute atomic E-state index is 0.0346. The molecule has 0 bridgehead atoms. The second kappa shape index (κ2) is 9.18. The molecule has 0 aliphatic rings. The van der Waals surface area contributed by atoms with Crippen molar-refractivity contribution in [2.75, 3.05) is 33.2 Å². The lowest BCUT2D eigenvalue weighted by molar-refractivity contribution is -0.173. The smallest absolute Gasteiger partial charge is 0.372 e. The largest absolute Gasteiger partial charge is 0.411 e. The zero-order valence-electron chi connectivity index (χ0n) is 11.7. The fraction of sp³-hybridized carbons (Fsp3) is 0.900. The molecule has 1 heterocycles. The Hall–Kier alpha value is -0.910.